The highest BCUT2D eigenvalue weighted by Crippen LogP contribution is 2.22. The molecule has 0 fully saturated rings. The number of hydrogen-bond donors (Lipinski definition) is 2. The maximum atomic E-state index is 12.4. The summed E-state index contributed by atoms with van der Waals surface area (Å²) in [7, 11) is 0. The molecule has 1 aromatic carbocycles. The molecular weight excluding hydrogens is 264 g/mol. The Morgan fingerprint density at radius 1 is 1.19 bits per heavy atom. The molecule has 1 heterocycles. The predicted molar refractivity (Wildman–Crippen MR) is 81.6 cm³/mol. The smallest absolute Gasteiger partial charge is 0.230 e. The maximum Gasteiger partial charge on any atom is 0.230 e. The van der Waals surface area contributed by atoms with Gasteiger partial charge in [0.15, 0.2) is 0 Å². The second-order valence-electron chi connectivity index (χ2n) is 4.94. The number of benzene rings is 1. The van der Waals surface area contributed by atoms with Crippen LogP contribution in [0.25, 0.3) is 0 Å². The van der Waals surface area contributed by atoms with Crippen LogP contribution in [-0.2, 0) is 11.3 Å². The average molecular weight is 284 g/mol. The minimum absolute atomic E-state index is 0.160. The van der Waals surface area contributed by atoms with E-state index >= 15 is 0 Å². The van der Waals surface area contributed by atoms with E-state index in [4.69, 9.17) is 0 Å². The van der Waals surface area contributed by atoms with Crippen molar-refractivity contribution in [3.8, 4) is 0 Å². The Morgan fingerprint density at radius 3 is 2.48 bits per heavy atom. The Morgan fingerprint density at radius 2 is 1.86 bits per heavy atom. The molecule has 0 spiro atoms. The minimum atomic E-state index is -0.690. The molecule has 0 saturated carbocycles. The summed E-state index contributed by atoms with van der Waals surface area (Å²) < 4.78 is 0. The van der Waals surface area contributed by atoms with Gasteiger partial charge in [0.2, 0.25) is 5.91 Å². The molecule has 0 aliphatic rings. The first-order valence-corrected chi connectivity index (χ1v) is 7.12. The number of aromatic nitrogens is 1. The summed E-state index contributed by atoms with van der Waals surface area (Å²) in [6, 6.07) is 13.1. The fourth-order valence-electron chi connectivity index (χ4n) is 2.24. The molecule has 1 aromatic heterocycles. The zero-order chi connectivity index (χ0) is 15.1. The van der Waals surface area contributed by atoms with Crippen LogP contribution in [0.5, 0.6) is 0 Å². The van der Waals surface area contributed by atoms with Gasteiger partial charge in [0.05, 0.1) is 12.0 Å². The number of amides is 1. The first kappa shape index (κ1) is 15.2. The number of hydrogen-bond acceptors (Lipinski definition) is 3. The highest BCUT2D eigenvalue weighted by molar-refractivity contribution is 5.84. The summed E-state index contributed by atoms with van der Waals surface area (Å²) in [5.74, 6) is -0.703. The van der Waals surface area contributed by atoms with Gasteiger partial charge in [-0.3, -0.25) is 9.78 Å². The van der Waals surface area contributed by atoms with E-state index in [0.717, 1.165) is 11.1 Å². The number of aliphatic hydroxyl groups excluding tert-OH is 1. The molecule has 110 valence electrons. The number of aliphatic hydroxyl groups is 1. The number of carbonyl (C=O) groups excluding carboxylic acids is 1. The zero-order valence-electron chi connectivity index (χ0n) is 12.1. The van der Waals surface area contributed by atoms with Crippen LogP contribution >= 0.6 is 0 Å². The molecule has 2 unspecified atom stereocenters. The van der Waals surface area contributed by atoms with Crippen molar-refractivity contribution in [2.75, 3.05) is 0 Å². The van der Waals surface area contributed by atoms with E-state index in [1.165, 1.54) is 0 Å². The molecule has 0 aliphatic carbocycles. The lowest BCUT2D eigenvalue weighted by atomic mass is 9.91. The van der Waals surface area contributed by atoms with Crippen molar-refractivity contribution in [2.24, 2.45) is 0 Å². The lowest BCUT2D eigenvalue weighted by molar-refractivity contribution is -0.125. The number of carbonyl (C=O) groups is 1. The van der Waals surface area contributed by atoms with Crippen LogP contribution in [0.4, 0.5) is 0 Å². The van der Waals surface area contributed by atoms with E-state index in [9.17, 15) is 9.90 Å². The van der Waals surface area contributed by atoms with Crippen LogP contribution in [0.2, 0.25) is 0 Å². The maximum absolute atomic E-state index is 12.4. The summed E-state index contributed by atoms with van der Waals surface area (Å²) in [6.07, 6.45) is 3.22. The fourth-order valence-corrected chi connectivity index (χ4v) is 2.24. The molecular formula is C17H20N2O2. The highest BCUT2D eigenvalue weighted by Gasteiger charge is 2.26. The van der Waals surface area contributed by atoms with E-state index < -0.39 is 12.0 Å². The van der Waals surface area contributed by atoms with Gasteiger partial charge in [-0.15, -0.1) is 0 Å². The summed E-state index contributed by atoms with van der Waals surface area (Å²) in [5.41, 5.74) is 1.82. The molecule has 1 amide bonds. The van der Waals surface area contributed by atoms with E-state index in [0.29, 0.717) is 13.0 Å². The van der Waals surface area contributed by atoms with Gasteiger partial charge in [0, 0.05) is 18.9 Å². The summed E-state index contributed by atoms with van der Waals surface area (Å²) in [6.45, 7) is 2.30. The predicted octanol–water partition coefficient (Wildman–Crippen LogP) is 2.25. The molecule has 21 heavy (non-hydrogen) atoms. The second kappa shape index (κ2) is 7.55. The highest BCUT2D eigenvalue weighted by atomic mass is 16.3. The Bertz CT molecular complexity index is 558. The standard InChI is InChI=1S/C17H20N2O2/c1-2-15(20)16(14-6-4-3-5-7-14)17(21)19-12-13-8-10-18-11-9-13/h3-11,15-16,20H,2,12H2,1H3,(H,19,21). The zero-order valence-corrected chi connectivity index (χ0v) is 12.1. The lowest BCUT2D eigenvalue weighted by Gasteiger charge is -2.21. The molecule has 0 radical (unpaired) electrons. The van der Waals surface area contributed by atoms with Crippen molar-refractivity contribution < 1.29 is 9.90 Å². The van der Waals surface area contributed by atoms with E-state index in [1.54, 1.807) is 12.4 Å². The lowest BCUT2D eigenvalue weighted by Crippen LogP contribution is -2.35. The van der Waals surface area contributed by atoms with Crippen LogP contribution in [-0.4, -0.2) is 22.1 Å². The normalized spacial score (nSPS) is 13.4. The minimum Gasteiger partial charge on any atom is -0.392 e. The third kappa shape index (κ3) is 4.13. The Labute approximate surface area is 124 Å². The molecule has 0 saturated heterocycles. The van der Waals surface area contributed by atoms with Crippen molar-refractivity contribution in [1.82, 2.24) is 10.3 Å². The van der Waals surface area contributed by atoms with Gasteiger partial charge < -0.3 is 10.4 Å². The molecule has 4 heteroatoms. The molecule has 2 N–H and O–H groups in total. The Hall–Kier alpha value is -2.20. The largest absolute Gasteiger partial charge is 0.392 e. The summed E-state index contributed by atoms with van der Waals surface area (Å²) in [4.78, 5) is 16.4. The molecule has 2 aromatic rings. The first-order chi connectivity index (χ1) is 10.2. The molecule has 0 aliphatic heterocycles. The van der Waals surface area contributed by atoms with Crippen LogP contribution in [0, 0.1) is 0 Å². The quantitative estimate of drug-likeness (QED) is 0.855. The van der Waals surface area contributed by atoms with Crippen molar-refractivity contribution in [3.05, 3.63) is 66.0 Å². The number of pyridine rings is 1. The number of nitrogens with one attached hydrogen (secondary N) is 1. The van der Waals surface area contributed by atoms with Gasteiger partial charge in [-0.2, -0.15) is 0 Å². The monoisotopic (exact) mass is 284 g/mol. The summed E-state index contributed by atoms with van der Waals surface area (Å²) >= 11 is 0. The molecule has 2 atom stereocenters. The molecule has 2 rings (SSSR count). The average Bonchev–Trinajstić information content (AvgIpc) is 2.55. The van der Waals surface area contributed by atoms with Crippen molar-refractivity contribution in [2.45, 2.75) is 31.9 Å². The van der Waals surface area contributed by atoms with E-state index in [2.05, 4.69) is 10.3 Å². The van der Waals surface area contributed by atoms with Crippen LogP contribution in [0.1, 0.15) is 30.4 Å². The third-order valence-corrected chi connectivity index (χ3v) is 3.46. The SMILES string of the molecule is CCC(O)C(C(=O)NCc1ccncc1)c1ccccc1. The van der Waals surface area contributed by atoms with Gasteiger partial charge in [0.1, 0.15) is 0 Å². The van der Waals surface area contributed by atoms with Crippen molar-refractivity contribution >= 4 is 5.91 Å². The fraction of sp³-hybridized carbons (Fsp3) is 0.294. The molecule has 0 bridgehead atoms. The van der Waals surface area contributed by atoms with E-state index in [-0.39, 0.29) is 5.91 Å². The van der Waals surface area contributed by atoms with Gasteiger partial charge in [-0.25, -0.2) is 0 Å². The Balaban J connectivity index is 2.08. The second-order valence-corrected chi connectivity index (χ2v) is 4.94. The van der Waals surface area contributed by atoms with Crippen LogP contribution < -0.4 is 5.32 Å². The van der Waals surface area contributed by atoms with Crippen molar-refractivity contribution in [1.29, 1.82) is 0 Å². The van der Waals surface area contributed by atoms with Gasteiger partial charge >= 0.3 is 0 Å². The van der Waals surface area contributed by atoms with Gasteiger partial charge in [-0.1, -0.05) is 37.3 Å². The van der Waals surface area contributed by atoms with Crippen LogP contribution in [0.3, 0.4) is 0 Å². The topological polar surface area (TPSA) is 62.2 Å². The molecule has 4 nitrogen and oxygen atoms in total. The van der Waals surface area contributed by atoms with Crippen molar-refractivity contribution in [3.63, 3.8) is 0 Å². The number of rotatable bonds is 6. The Kier molecular flexibility index (Phi) is 5.46. The van der Waals surface area contributed by atoms with Gasteiger partial charge in [0.25, 0.3) is 0 Å². The first-order valence-electron chi connectivity index (χ1n) is 7.12. The van der Waals surface area contributed by atoms with Crippen LogP contribution in [0.15, 0.2) is 54.9 Å². The third-order valence-electron chi connectivity index (χ3n) is 3.46. The van der Waals surface area contributed by atoms with Gasteiger partial charge in [-0.05, 0) is 29.7 Å². The van der Waals surface area contributed by atoms with E-state index in [1.807, 2.05) is 49.4 Å². The number of nitrogens with zero attached hydrogens (tertiary/aromatic N) is 1. The summed E-state index contributed by atoms with van der Waals surface area (Å²) in [5, 5.41) is 13.1.